The number of halogens is 1. The van der Waals surface area contributed by atoms with Gasteiger partial charge in [-0.25, -0.2) is 4.79 Å². The highest BCUT2D eigenvalue weighted by atomic mass is 35.5. The number of methoxy groups -OCH3 is 2. The van der Waals surface area contributed by atoms with Crippen molar-refractivity contribution in [3.63, 3.8) is 0 Å². The fraction of sp³-hybridized carbons (Fsp3) is 0.391. The molecule has 0 aromatic heterocycles. The second kappa shape index (κ2) is 10.4. The number of oxime groups is 1. The van der Waals surface area contributed by atoms with Crippen LogP contribution in [0.15, 0.2) is 47.6 Å². The first-order chi connectivity index (χ1) is 14.9. The number of hydrogen-bond acceptors (Lipinski definition) is 5. The third-order valence-corrected chi connectivity index (χ3v) is 5.07. The molecular formula is C23H28ClN3O4. The average molecular weight is 446 g/mol. The van der Waals surface area contributed by atoms with Gasteiger partial charge in [-0.15, -0.1) is 0 Å². The monoisotopic (exact) mass is 445 g/mol. The van der Waals surface area contributed by atoms with Gasteiger partial charge in [-0.1, -0.05) is 28.9 Å². The van der Waals surface area contributed by atoms with E-state index in [0.717, 1.165) is 16.8 Å². The molecular weight excluding hydrogens is 418 g/mol. The van der Waals surface area contributed by atoms with E-state index in [1.165, 1.54) is 0 Å². The van der Waals surface area contributed by atoms with Crippen LogP contribution in [-0.2, 0) is 11.4 Å². The van der Waals surface area contributed by atoms with Gasteiger partial charge in [-0.05, 0) is 49.7 Å². The van der Waals surface area contributed by atoms with Gasteiger partial charge in [0, 0.05) is 29.6 Å². The van der Waals surface area contributed by atoms with E-state index in [4.69, 9.17) is 25.9 Å². The van der Waals surface area contributed by atoms with Crippen LogP contribution in [0.4, 0.5) is 4.79 Å². The van der Waals surface area contributed by atoms with Crippen LogP contribution in [0.25, 0.3) is 0 Å². The highest BCUT2D eigenvalue weighted by Gasteiger charge is 2.27. The molecule has 0 spiro atoms. The van der Waals surface area contributed by atoms with Crippen molar-refractivity contribution in [2.24, 2.45) is 5.16 Å². The van der Waals surface area contributed by atoms with Crippen molar-refractivity contribution in [2.45, 2.75) is 39.0 Å². The molecule has 166 valence electrons. The van der Waals surface area contributed by atoms with Crippen molar-refractivity contribution in [1.29, 1.82) is 0 Å². The molecule has 31 heavy (non-hydrogen) atoms. The lowest BCUT2D eigenvalue weighted by Gasteiger charge is -2.26. The third kappa shape index (κ3) is 6.04. The molecule has 1 aliphatic heterocycles. The molecule has 0 radical (unpaired) electrons. The van der Waals surface area contributed by atoms with Gasteiger partial charge in [0.1, 0.15) is 0 Å². The molecule has 0 saturated carbocycles. The maximum Gasteiger partial charge on any atom is 0.318 e. The molecule has 1 N–H and O–H groups in total. The van der Waals surface area contributed by atoms with Gasteiger partial charge < -0.3 is 24.5 Å². The zero-order valence-corrected chi connectivity index (χ0v) is 19.0. The number of hydrogen-bond donors (Lipinski definition) is 1. The van der Waals surface area contributed by atoms with Gasteiger partial charge in [-0.2, -0.15) is 0 Å². The van der Waals surface area contributed by atoms with Crippen molar-refractivity contribution in [3.05, 3.63) is 58.6 Å². The number of rotatable bonds is 8. The molecule has 8 heteroatoms. The van der Waals surface area contributed by atoms with Crippen LogP contribution in [0, 0.1) is 0 Å². The first-order valence-electron chi connectivity index (χ1n) is 10.1. The highest BCUT2D eigenvalue weighted by molar-refractivity contribution is 6.30. The smallest absolute Gasteiger partial charge is 0.318 e. The highest BCUT2D eigenvalue weighted by Crippen LogP contribution is 2.29. The van der Waals surface area contributed by atoms with Crippen molar-refractivity contribution in [2.75, 3.05) is 20.8 Å². The Balaban J connectivity index is 1.70. The van der Waals surface area contributed by atoms with Gasteiger partial charge >= 0.3 is 6.03 Å². The Hall–Kier alpha value is -2.93. The van der Waals surface area contributed by atoms with Crippen LogP contribution in [0.5, 0.6) is 11.5 Å². The van der Waals surface area contributed by atoms with Gasteiger partial charge in [-0.3, -0.25) is 0 Å². The van der Waals surface area contributed by atoms with Gasteiger partial charge in [0.25, 0.3) is 0 Å². The number of carbonyl (C=O) groups is 1. The van der Waals surface area contributed by atoms with E-state index in [1.807, 2.05) is 56.3 Å². The number of ether oxygens (including phenoxy) is 2. The quantitative estimate of drug-likeness (QED) is 0.650. The van der Waals surface area contributed by atoms with Gasteiger partial charge in [0.05, 0.1) is 26.5 Å². The molecule has 0 aliphatic carbocycles. The van der Waals surface area contributed by atoms with Gasteiger partial charge in [0.15, 0.2) is 17.6 Å². The molecule has 2 aromatic rings. The van der Waals surface area contributed by atoms with Crippen molar-refractivity contribution < 1.29 is 19.1 Å². The molecule has 1 atom stereocenters. The SMILES string of the molecule is COc1ccc(C2=NOC(CN(Cc3cccc(Cl)c3)C(=O)NC(C)C)C2)cc1OC. The van der Waals surface area contributed by atoms with Crippen LogP contribution in [0.2, 0.25) is 5.02 Å². The van der Waals surface area contributed by atoms with E-state index in [9.17, 15) is 4.79 Å². The summed E-state index contributed by atoms with van der Waals surface area (Å²) in [7, 11) is 3.19. The Morgan fingerprint density at radius 3 is 2.68 bits per heavy atom. The number of amides is 2. The Morgan fingerprint density at radius 1 is 1.23 bits per heavy atom. The predicted molar refractivity (Wildman–Crippen MR) is 121 cm³/mol. The first kappa shape index (κ1) is 22.7. The Bertz CT molecular complexity index is 948. The third-order valence-electron chi connectivity index (χ3n) is 4.84. The lowest BCUT2D eigenvalue weighted by atomic mass is 10.0. The topological polar surface area (TPSA) is 72.4 Å². The zero-order chi connectivity index (χ0) is 22.4. The molecule has 0 fully saturated rings. The number of benzene rings is 2. The summed E-state index contributed by atoms with van der Waals surface area (Å²) in [5, 5.41) is 7.84. The summed E-state index contributed by atoms with van der Waals surface area (Å²) >= 11 is 6.11. The van der Waals surface area contributed by atoms with Crippen molar-refractivity contribution >= 4 is 23.3 Å². The number of carbonyl (C=O) groups excluding carboxylic acids is 1. The maximum atomic E-state index is 12.8. The van der Waals surface area contributed by atoms with Crippen LogP contribution in [0.1, 0.15) is 31.4 Å². The molecule has 0 saturated heterocycles. The Kier molecular flexibility index (Phi) is 7.63. The molecule has 2 amide bonds. The summed E-state index contributed by atoms with van der Waals surface area (Å²) in [6, 6.07) is 13.0. The molecule has 1 aliphatic rings. The van der Waals surface area contributed by atoms with Crippen LogP contribution in [0.3, 0.4) is 0 Å². The first-order valence-corrected chi connectivity index (χ1v) is 10.5. The fourth-order valence-electron chi connectivity index (χ4n) is 3.37. The number of nitrogens with zero attached hydrogens (tertiary/aromatic N) is 2. The second-order valence-electron chi connectivity index (χ2n) is 7.65. The summed E-state index contributed by atoms with van der Waals surface area (Å²) in [5.74, 6) is 1.28. The van der Waals surface area contributed by atoms with Crippen molar-refractivity contribution in [1.82, 2.24) is 10.2 Å². The fourth-order valence-corrected chi connectivity index (χ4v) is 3.58. The zero-order valence-electron chi connectivity index (χ0n) is 18.2. The second-order valence-corrected chi connectivity index (χ2v) is 8.09. The predicted octanol–water partition coefficient (Wildman–Crippen LogP) is 4.47. The van der Waals surface area contributed by atoms with Gasteiger partial charge in [0.2, 0.25) is 0 Å². The lowest BCUT2D eigenvalue weighted by Crippen LogP contribution is -2.45. The molecule has 1 unspecified atom stereocenters. The Morgan fingerprint density at radius 2 is 2.00 bits per heavy atom. The number of urea groups is 1. The Labute approximate surface area is 187 Å². The summed E-state index contributed by atoms with van der Waals surface area (Å²) in [4.78, 5) is 20.2. The maximum absolute atomic E-state index is 12.8. The van der Waals surface area contributed by atoms with E-state index in [1.54, 1.807) is 19.1 Å². The lowest BCUT2D eigenvalue weighted by molar-refractivity contribution is 0.0586. The normalized spacial score (nSPS) is 15.3. The van der Waals surface area contributed by atoms with E-state index in [-0.39, 0.29) is 18.2 Å². The molecule has 1 heterocycles. The minimum absolute atomic E-state index is 0.0254. The minimum atomic E-state index is -0.250. The van der Waals surface area contributed by atoms with E-state index in [2.05, 4.69) is 10.5 Å². The van der Waals surface area contributed by atoms with E-state index in [0.29, 0.717) is 36.0 Å². The molecule has 2 aromatic carbocycles. The van der Waals surface area contributed by atoms with Crippen LogP contribution in [-0.4, -0.2) is 49.6 Å². The van der Waals surface area contributed by atoms with Crippen LogP contribution < -0.4 is 14.8 Å². The minimum Gasteiger partial charge on any atom is -0.493 e. The summed E-state index contributed by atoms with van der Waals surface area (Å²) < 4.78 is 10.7. The molecule has 3 rings (SSSR count). The van der Waals surface area contributed by atoms with Crippen LogP contribution >= 0.6 is 11.6 Å². The summed E-state index contributed by atoms with van der Waals surface area (Å²) in [5.41, 5.74) is 2.65. The molecule has 0 bridgehead atoms. The number of nitrogens with one attached hydrogen (secondary N) is 1. The summed E-state index contributed by atoms with van der Waals surface area (Å²) in [6.07, 6.45) is 0.330. The van der Waals surface area contributed by atoms with E-state index < -0.39 is 0 Å². The summed E-state index contributed by atoms with van der Waals surface area (Å²) in [6.45, 7) is 4.68. The van der Waals surface area contributed by atoms with E-state index >= 15 is 0 Å². The standard InChI is InChI=1S/C23H28ClN3O4/c1-15(2)25-23(28)27(13-16-6-5-7-18(24)10-16)14-19-12-20(26-31-19)17-8-9-21(29-3)22(11-17)30-4/h5-11,15,19H,12-14H2,1-4H3,(H,25,28). The van der Waals surface area contributed by atoms with Crippen molar-refractivity contribution in [3.8, 4) is 11.5 Å². The largest absolute Gasteiger partial charge is 0.493 e. The molecule has 7 nitrogen and oxygen atoms in total. The average Bonchev–Trinajstić information content (AvgIpc) is 3.21.